The third-order valence-corrected chi connectivity index (χ3v) is 4.67. The molecule has 2 amide bonds. The largest absolute Gasteiger partial charge is 0.496 e. The number of carbonyl (C=O) groups excluding carboxylic acids is 2. The lowest BCUT2D eigenvalue weighted by atomic mass is 10.2. The van der Waals surface area contributed by atoms with Gasteiger partial charge in [-0.25, -0.2) is 9.97 Å². The topological polar surface area (TPSA) is 204 Å². The molecule has 0 aliphatic rings. The molecule has 1 aromatic heterocycles. The number of rotatable bonds is 9. The molecule has 15 nitrogen and oxygen atoms in total. The van der Waals surface area contributed by atoms with Gasteiger partial charge in [0.05, 0.1) is 22.5 Å². The van der Waals surface area contributed by atoms with Gasteiger partial charge in [-0.1, -0.05) is 23.7 Å². The Morgan fingerprint density at radius 3 is 2.17 bits per heavy atom. The lowest BCUT2D eigenvalue weighted by Crippen LogP contribution is -2.32. The van der Waals surface area contributed by atoms with Crippen LogP contribution in [0, 0.1) is 20.2 Å². The van der Waals surface area contributed by atoms with Crippen LogP contribution in [-0.2, 0) is 0 Å². The minimum Gasteiger partial charge on any atom is -0.496 e. The van der Waals surface area contributed by atoms with Crippen molar-refractivity contribution in [3.63, 3.8) is 0 Å². The molecule has 180 valence electrons. The second-order valence-electron chi connectivity index (χ2n) is 6.46. The van der Waals surface area contributed by atoms with E-state index < -0.39 is 44.7 Å². The minimum atomic E-state index is -0.864. The molecule has 0 atom stereocenters. The number of nitro groups is 2. The van der Waals surface area contributed by atoms with Crippen molar-refractivity contribution in [2.75, 3.05) is 18.0 Å². The number of hydrogen-bond donors (Lipinski definition) is 4. The molecule has 2 aromatic carbocycles. The summed E-state index contributed by atoms with van der Waals surface area (Å²) in [7, 11) is 1.38. The molecule has 3 rings (SSSR count). The number of amides is 2. The number of nitrogens with one attached hydrogen (secondary N) is 4. The highest BCUT2D eigenvalue weighted by Crippen LogP contribution is 2.28. The Balaban J connectivity index is 1.76. The number of nitrogens with zero attached hydrogens (tertiary/aromatic N) is 4. The average molecular weight is 503 g/mol. The van der Waals surface area contributed by atoms with Crippen LogP contribution in [-0.4, -0.2) is 38.7 Å². The van der Waals surface area contributed by atoms with Crippen LogP contribution in [0.4, 0.5) is 23.0 Å². The summed E-state index contributed by atoms with van der Waals surface area (Å²) >= 11 is 5.73. The number of benzene rings is 2. The van der Waals surface area contributed by atoms with Crippen LogP contribution in [0.25, 0.3) is 0 Å². The van der Waals surface area contributed by atoms with Crippen molar-refractivity contribution in [1.82, 2.24) is 20.8 Å². The number of aromatic nitrogens is 2. The third kappa shape index (κ3) is 5.66. The van der Waals surface area contributed by atoms with Gasteiger partial charge in [0, 0.05) is 11.6 Å². The lowest BCUT2D eigenvalue weighted by molar-refractivity contribution is -0.384. The Kier molecular flexibility index (Phi) is 7.53. The van der Waals surface area contributed by atoms with E-state index >= 15 is 0 Å². The molecule has 3 aromatic rings. The van der Waals surface area contributed by atoms with E-state index in [1.807, 2.05) is 0 Å². The van der Waals surface area contributed by atoms with E-state index in [2.05, 4.69) is 31.7 Å². The fourth-order valence-corrected chi connectivity index (χ4v) is 2.92. The maximum Gasteiger partial charge on any atom is 0.356 e. The molecule has 16 heteroatoms. The number of hydrazine groups is 2. The van der Waals surface area contributed by atoms with E-state index in [9.17, 15) is 29.8 Å². The number of carbonyl (C=O) groups is 2. The van der Waals surface area contributed by atoms with Gasteiger partial charge in [0.1, 0.15) is 17.1 Å². The molecule has 0 bridgehead atoms. The van der Waals surface area contributed by atoms with Gasteiger partial charge in [-0.05, 0) is 24.3 Å². The van der Waals surface area contributed by atoms with E-state index in [0.717, 1.165) is 18.5 Å². The summed E-state index contributed by atoms with van der Waals surface area (Å²) in [6.07, 6.45) is 0.937. The zero-order valence-electron chi connectivity index (χ0n) is 17.6. The Labute approximate surface area is 200 Å². The molecule has 35 heavy (non-hydrogen) atoms. The van der Waals surface area contributed by atoms with Gasteiger partial charge in [0.15, 0.2) is 0 Å². The van der Waals surface area contributed by atoms with E-state index in [0.29, 0.717) is 0 Å². The van der Waals surface area contributed by atoms with Gasteiger partial charge in [-0.2, -0.15) is 0 Å². The van der Waals surface area contributed by atoms with Crippen LogP contribution in [0.2, 0.25) is 5.02 Å². The van der Waals surface area contributed by atoms with Crippen LogP contribution in [0.5, 0.6) is 5.75 Å². The molecule has 0 aliphatic heterocycles. The van der Waals surface area contributed by atoms with Crippen molar-refractivity contribution < 1.29 is 24.2 Å². The number of methoxy groups -OCH3 is 1. The second-order valence-corrected chi connectivity index (χ2v) is 6.87. The first-order chi connectivity index (χ1) is 16.7. The average Bonchev–Trinajstić information content (AvgIpc) is 2.85. The van der Waals surface area contributed by atoms with Gasteiger partial charge in [0.25, 0.3) is 17.5 Å². The van der Waals surface area contributed by atoms with Crippen molar-refractivity contribution in [3.8, 4) is 5.75 Å². The maximum atomic E-state index is 12.4. The molecule has 0 radical (unpaired) electrons. The van der Waals surface area contributed by atoms with Crippen LogP contribution in [0.15, 0.2) is 48.8 Å². The van der Waals surface area contributed by atoms with Crippen molar-refractivity contribution in [1.29, 1.82) is 0 Å². The molecule has 0 fully saturated rings. The molecule has 0 saturated carbocycles. The number of halogens is 1. The number of para-hydroxylation sites is 1. The number of hydrogen-bond acceptors (Lipinski definition) is 11. The molecule has 4 N–H and O–H groups in total. The molecule has 1 heterocycles. The minimum absolute atomic E-state index is 0.146. The molecule has 0 unspecified atom stereocenters. The standard InChI is InChI=1S/C19H15ClN8O7/c1-35-14-5-3-2-4-11(14)19(30)26-24-17-15(28(33)34)16(21-9-22-17)23-25-18(29)10-6-7-12(20)13(8-10)27(31)32/h2-9H,1H3,(H,25,29)(H,26,30)(H2,21,22,23,24). The van der Waals surface area contributed by atoms with Gasteiger partial charge >= 0.3 is 5.69 Å². The molecule has 0 saturated heterocycles. The highest BCUT2D eigenvalue weighted by atomic mass is 35.5. The van der Waals surface area contributed by atoms with Crippen molar-refractivity contribution in [2.45, 2.75) is 0 Å². The lowest BCUT2D eigenvalue weighted by Gasteiger charge is -2.12. The molecular weight excluding hydrogens is 488 g/mol. The van der Waals surface area contributed by atoms with E-state index in [-0.39, 0.29) is 21.9 Å². The fraction of sp³-hybridized carbons (Fsp3) is 0.0526. The first-order valence-electron chi connectivity index (χ1n) is 9.42. The molecule has 0 aliphatic carbocycles. The maximum absolute atomic E-state index is 12.4. The van der Waals surface area contributed by atoms with E-state index in [1.54, 1.807) is 18.2 Å². The summed E-state index contributed by atoms with van der Waals surface area (Å²) < 4.78 is 5.10. The van der Waals surface area contributed by atoms with Crippen molar-refractivity contribution in [3.05, 3.63) is 85.2 Å². The van der Waals surface area contributed by atoms with Gasteiger partial charge in [-0.3, -0.25) is 51.5 Å². The summed E-state index contributed by atoms with van der Waals surface area (Å²) in [5.41, 5.74) is 7.82. The summed E-state index contributed by atoms with van der Waals surface area (Å²) in [6, 6.07) is 9.62. The first-order valence-corrected chi connectivity index (χ1v) is 9.79. The Morgan fingerprint density at radius 1 is 0.943 bits per heavy atom. The van der Waals surface area contributed by atoms with E-state index in [4.69, 9.17) is 16.3 Å². The SMILES string of the molecule is COc1ccccc1C(=O)NNc1ncnc(NNC(=O)c2ccc(Cl)c([N+](=O)[O-])c2)c1[N+](=O)[O-]. The monoisotopic (exact) mass is 502 g/mol. The Hall–Kier alpha value is -5.05. The smallest absolute Gasteiger partial charge is 0.356 e. The number of ether oxygens (including phenoxy) is 1. The third-order valence-electron chi connectivity index (χ3n) is 4.35. The highest BCUT2D eigenvalue weighted by Gasteiger charge is 2.25. The van der Waals surface area contributed by atoms with Crippen molar-refractivity contribution in [2.24, 2.45) is 0 Å². The van der Waals surface area contributed by atoms with Crippen LogP contribution < -0.4 is 26.4 Å². The quantitative estimate of drug-likeness (QED) is 0.247. The van der Waals surface area contributed by atoms with E-state index in [1.165, 1.54) is 19.2 Å². The summed E-state index contributed by atoms with van der Waals surface area (Å²) in [5.74, 6) is -2.08. The normalized spacial score (nSPS) is 10.1. The number of nitro benzene ring substituents is 1. The van der Waals surface area contributed by atoms with Crippen LogP contribution in [0.1, 0.15) is 20.7 Å². The summed E-state index contributed by atoms with van der Waals surface area (Å²) in [4.78, 5) is 53.3. The van der Waals surface area contributed by atoms with Crippen molar-refractivity contribution >= 4 is 46.4 Å². The summed E-state index contributed by atoms with van der Waals surface area (Å²) in [6.45, 7) is 0. The Bertz CT molecular complexity index is 1320. The van der Waals surface area contributed by atoms with Gasteiger partial charge in [0.2, 0.25) is 11.6 Å². The summed E-state index contributed by atoms with van der Waals surface area (Å²) in [5, 5.41) is 22.5. The van der Waals surface area contributed by atoms with Crippen LogP contribution >= 0.6 is 11.6 Å². The predicted octanol–water partition coefficient (Wildman–Crippen LogP) is 2.47. The van der Waals surface area contributed by atoms with Gasteiger partial charge < -0.3 is 4.74 Å². The van der Waals surface area contributed by atoms with Crippen LogP contribution in [0.3, 0.4) is 0 Å². The molecular formula is C19H15ClN8O7. The second kappa shape index (κ2) is 10.7. The highest BCUT2D eigenvalue weighted by molar-refractivity contribution is 6.32. The van der Waals surface area contributed by atoms with Gasteiger partial charge in [-0.15, -0.1) is 0 Å². The predicted molar refractivity (Wildman–Crippen MR) is 122 cm³/mol. The fourth-order valence-electron chi connectivity index (χ4n) is 2.73. The Morgan fingerprint density at radius 2 is 1.57 bits per heavy atom. The number of anilines is 2. The first kappa shape index (κ1) is 24.6. The zero-order valence-corrected chi connectivity index (χ0v) is 18.4. The molecule has 0 spiro atoms. The zero-order chi connectivity index (χ0) is 25.5.